The molecule has 0 aliphatic rings. The molecule has 6 heteroatoms. The third-order valence-electron chi connectivity index (χ3n) is 4.06. The summed E-state index contributed by atoms with van der Waals surface area (Å²) < 4.78 is 21.9. The first kappa shape index (κ1) is 23.9. The predicted molar refractivity (Wildman–Crippen MR) is 107 cm³/mol. The zero-order valence-electron chi connectivity index (χ0n) is 17.4. The maximum absolute atomic E-state index is 11.4. The molecule has 0 fully saturated rings. The molecule has 0 aromatic heterocycles. The molecule has 0 aliphatic carbocycles. The van der Waals surface area contributed by atoms with E-state index in [1.165, 1.54) is 0 Å². The van der Waals surface area contributed by atoms with E-state index in [9.17, 15) is 9.59 Å². The van der Waals surface area contributed by atoms with Crippen molar-refractivity contribution < 1.29 is 28.5 Å². The predicted octanol–water partition coefficient (Wildman–Crippen LogP) is 4.74. The number of carbonyl (C=O) groups is 2. The lowest BCUT2D eigenvalue weighted by Gasteiger charge is -2.18. The molecular weight excluding hydrogens is 360 g/mol. The van der Waals surface area contributed by atoms with Crippen LogP contribution in [0, 0.1) is 0 Å². The van der Waals surface area contributed by atoms with Crippen LogP contribution in [-0.2, 0) is 41.8 Å². The number of ether oxygens (including phenoxy) is 4. The van der Waals surface area contributed by atoms with Gasteiger partial charge in [0.15, 0.2) is 0 Å². The molecule has 0 saturated heterocycles. The molecule has 0 aliphatic heterocycles. The average Bonchev–Trinajstić information content (AvgIpc) is 2.73. The summed E-state index contributed by atoms with van der Waals surface area (Å²) in [6.45, 7) is 11.8. The molecule has 1 rings (SSSR count). The number of benzene rings is 1. The maximum Gasteiger partial charge on any atom is 0.307 e. The van der Waals surface area contributed by atoms with Crippen molar-refractivity contribution in [2.45, 2.75) is 79.2 Å². The van der Waals surface area contributed by atoms with Crippen LogP contribution < -0.4 is 0 Å². The van der Waals surface area contributed by atoms with Gasteiger partial charge in [-0.15, -0.1) is 0 Å². The Balaban J connectivity index is 2.68. The van der Waals surface area contributed by atoms with Crippen LogP contribution in [0.25, 0.3) is 6.08 Å². The Morgan fingerprint density at radius 3 is 1.93 bits per heavy atom. The standard InChI is InChI=1S/C22H32O6/c1-6-17-13-16(14-25-21(9-4)27-19(23)7-2)11-12-18(17)15-26-22(10-5)28-20(24)8-3/h6,11-13,21-22H,1,7-10,14-15H2,2-5H3. The van der Waals surface area contributed by atoms with Crippen LogP contribution in [0.1, 0.15) is 70.1 Å². The molecule has 0 N–H and O–H groups in total. The molecule has 0 saturated carbocycles. The Kier molecular flexibility index (Phi) is 11.1. The summed E-state index contributed by atoms with van der Waals surface area (Å²) in [5.41, 5.74) is 2.79. The molecule has 0 radical (unpaired) electrons. The van der Waals surface area contributed by atoms with Crippen LogP contribution in [-0.4, -0.2) is 24.5 Å². The monoisotopic (exact) mass is 392 g/mol. The first-order valence-electron chi connectivity index (χ1n) is 9.83. The van der Waals surface area contributed by atoms with Crippen molar-refractivity contribution in [3.8, 4) is 0 Å². The first-order valence-corrected chi connectivity index (χ1v) is 9.83. The van der Waals surface area contributed by atoms with Gasteiger partial charge in [0, 0.05) is 25.7 Å². The minimum Gasteiger partial charge on any atom is -0.436 e. The van der Waals surface area contributed by atoms with Crippen molar-refractivity contribution in [1.82, 2.24) is 0 Å². The topological polar surface area (TPSA) is 71.1 Å². The average molecular weight is 392 g/mol. The SMILES string of the molecule is C=Cc1cc(COC(CC)OC(=O)CC)ccc1COC(CC)OC(=O)CC. The van der Waals surface area contributed by atoms with E-state index in [0.29, 0.717) is 38.9 Å². The lowest BCUT2D eigenvalue weighted by Crippen LogP contribution is -2.20. The van der Waals surface area contributed by atoms with Gasteiger partial charge in [-0.2, -0.15) is 0 Å². The van der Waals surface area contributed by atoms with Crippen LogP contribution in [0.4, 0.5) is 0 Å². The fraction of sp³-hybridized carbons (Fsp3) is 0.545. The van der Waals surface area contributed by atoms with E-state index >= 15 is 0 Å². The lowest BCUT2D eigenvalue weighted by atomic mass is 10.0. The van der Waals surface area contributed by atoms with Crippen LogP contribution in [0.3, 0.4) is 0 Å². The van der Waals surface area contributed by atoms with E-state index in [0.717, 1.165) is 16.7 Å². The van der Waals surface area contributed by atoms with Gasteiger partial charge in [0.25, 0.3) is 0 Å². The fourth-order valence-electron chi connectivity index (χ4n) is 2.36. The van der Waals surface area contributed by atoms with Crippen molar-refractivity contribution in [3.63, 3.8) is 0 Å². The highest BCUT2D eigenvalue weighted by molar-refractivity contribution is 5.69. The summed E-state index contributed by atoms with van der Waals surface area (Å²) >= 11 is 0. The van der Waals surface area contributed by atoms with Crippen molar-refractivity contribution in [2.75, 3.05) is 0 Å². The van der Waals surface area contributed by atoms with Crippen LogP contribution in [0.5, 0.6) is 0 Å². The third kappa shape index (κ3) is 8.23. The van der Waals surface area contributed by atoms with Gasteiger partial charge in [0.2, 0.25) is 12.6 Å². The van der Waals surface area contributed by atoms with Crippen molar-refractivity contribution in [2.24, 2.45) is 0 Å². The van der Waals surface area contributed by atoms with Gasteiger partial charge < -0.3 is 18.9 Å². The fourth-order valence-corrected chi connectivity index (χ4v) is 2.36. The molecule has 0 bridgehead atoms. The first-order chi connectivity index (χ1) is 13.5. The molecule has 2 unspecified atom stereocenters. The second-order valence-electron chi connectivity index (χ2n) is 6.22. The molecule has 1 aromatic carbocycles. The van der Waals surface area contributed by atoms with Crippen molar-refractivity contribution in [1.29, 1.82) is 0 Å². The Bertz CT molecular complexity index is 640. The molecule has 0 heterocycles. The van der Waals surface area contributed by atoms with Crippen LogP contribution >= 0.6 is 0 Å². The number of rotatable bonds is 13. The van der Waals surface area contributed by atoms with E-state index in [4.69, 9.17) is 18.9 Å². The van der Waals surface area contributed by atoms with Gasteiger partial charge in [-0.1, -0.05) is 52.5 Å². The highest BCUT2D eigenvalue weighted by Gasteiger charge is 2.14. The summed E-state index contributed by atoms with van der Waals surface area (Å²) in [6, 6.07) is 5.82. The van der Waals surface area contributed by atoms with E-state index in [1.54, 1.807) is 19.9 Å². The number of carbonyl (C=O) groups excluding carboxylic acids is 2. The quantitative estimate of drug-likeness (QED) is 0.357. The Labute approximate surface area is 167 Å². The summed E-state index contributed by atoms with van der Waals surface area (Å²) in [4.78, 5) is 22.8. The maximum atomic E-state index is 11.4. The van der Waals surface area contributed by atoms with Gasteiger partial charge in [-0.3, -0.25) is 9.59 Å². The number of esters is 2. The molecule has 2 atom stereocenters. The number of hydrogen-bond acceptors (Lipinski definition) is 6. The molecule has 0 amide bonds. The van der Waals surface area contributed by atoms with E-state index in [1.807, 2.05) is 32.0 Å². The van der Waals surface area contributed by atoms with Crippen LogP contribution in [0.15, 0.2) is 24.8 Å². The second kappa shape index (κ2) is 13.1. The lowest BCUT2D eigenvalue weighted by molar-refractivity contribution is -0.182. The molecule has 0 spiro atoms. The minimum absolute atomic E-state index is 0.277. The van der Waals surface area contributed by atoms with E-state index in [-0.39, 0.29) is 11.9 Å². The van der Waals surface area contributed by atoms with Crippen molar-refractivity contribution in [3.05, 3.63) is 41.5 Å². The van der Waals surface area contributed by atoms with Gasteiger partial charge in [-0.05, 0) is 22.8 Å². The molecule has 28 heavy (non-hydrogen) atoms. The summed E-state index contributed by atoms with van der Waals surface area (Å²) in [7, 11) is 0. The van der Waals surface area contributed by atoms with E-state index < -0.39 is 12.6 Å². The zero-order chi connectivity index (χ0) is 20.9. The smallest absolute Gasteiger partial charge is 0.307 e. The normalized spacial score (nSPS) is 12.9. The van der Waals surface area contributed by atoms with Crippen molar-refractivity contribution >= 4 is 18.0 Å². The Hall–Kier alpha value is -2.18. The van der Waals surface area contributed by atoms with Gasteiger partial charge >= 0.3 is 11.9 Å². The Morgan fingerprint density at radius 2 is 1.46 bits per heavy atom. The summed E-state index contributed by atoms with van der Waals surface area (Å²) in [5.74, 6) is -0.557. The largest absolute Gasteiger partial charge is 0.436 e. The Morgan fingerprint density at radius 1 is 0.929 bits per heavy atom. The van der Waals surface area contributed by atoms with Gasteiger partial charge in [-0.25, -0.2) is 0 Å². The third-order valence-corrected chi connectivity index (χ3v) is 4.06. The van der Waals surface area contributed by atoms with Gasteiger partial charge in [0.05, 0.1) is 13.2 Å². The van der Waals surface area contributed by atoms with Crippen LogP contribution in [0.2, 0.25) is 0 Å². The molecular formula is C22H32O6. The molecule has 6 nitrogen and oxygen atoms in total. The van der Waals surface area contributed by atoms with Gasteiger partial charge in [0.1, 0.15) is 0 Å². The molecule has 1 aromatic rings. The second-order valence-corrected chi connectivity index (χ2v) is 6.22. The molecule has 156 valence electrons. The highest BCUT2D eigenvalue weighted by atomic mass is 16.7. The minimum atomic E-state index is -0.563. The number of hydrogen-bond donors (Lipinski definition) is 0. The highest BCUT2D eigenvalue weighted by Crippen LogP contribution is 2.18. The van der Waals surface area contributed by atoms with E-state index in [2.05, 4.69) is 6.58 Å². The summed E-state index contributed by atoms with van der Waals surface area (Å²) in [5, 5.41) is 0. The summed E-state index contributed by atoms with van der Waals surface area (Å²) in [6.07, 6.45) is 2.43. The zero-order valence-corrected chi connectivity index (χ0v) is 17.4.